The van der Waals surface area contributed by atoms with Crippen molar-refractivity contribution in [2.45, 2.75) is 38.8 Å². The van der Waals surface area contributed by atoms with Gasteiger partial charge in [-0.05, 0) is 33.4 Å². The molecule has 0 aliphatic heterocycles. The zero-order valence-electron chi connectivity index (χ0n) is 11.1. The number of rotatable bonds is 3. The molecule has 0 spiro atoms. The molecule has 3 heteroatoms. The first-order valence-corrected chi connectivity index (χ1v) is 5.21. The molecule has 0 aromatic heterocycles. The van der Waals surface area contributed by atoms with Crippen molar-refractivity contribution in [3.05, 3.63) is 36.8 Å². The summed E-state index contributed by atoms with van der Waals surface area (Å²) in [5.74, 6) is 0. The summed E-state index contributed by atoms with van der Waals surface area (Å²) in [6.07, 6.45) is 0. The number of anilines is 1. The third kappa shape index (κ3) is 3.79. The normalized spacial score (nSPS) is 11.8. The molecule has 16 heavy (non-hydrogen) atoms. The summed E-state index contributed by atoms with van der Waals surface area (Å²) in [5, 5.41) is 3.43. The van der Waals surface area contributed by atoms with Crippen LogP contribution in [0.1, 0.15) is 33.3 Å². The second-order valence-electron chi connectivity index (χ2n) is 5.17. The average molecular weight is 212 g/mol. The average Bonchev–Trinajstić information content (AvgIpc) is 2.00. The molecule has 3 N–H and O–H groups in total. The maximum atomic E-state index is 6.12. The van der Waals surface area contributed by atoms with E-state index in [0.717, 1.165) is 11.3 Å². The van der Waals surface area contributed by atoms with E-state index in [4.69, 9.17) is 5.73 Å². The van der Waals surface area contributed by atoms with Crippen LogP contribution in [0.25, 0.3) is 0 Å². The van der Waals surface area contributed by atoms with Crippen molar-refractivity contribution >= 4 is 5.69 Å². The summed E-state index contributed by atoms with van der Waals surface area (Å²) in [5.41, 5.74) is 7.73. The standard InChI is InChI=1S/C13H21N2.Li/c1-10-7-6-8-11(9-10)15-13(4,5)12(2,3)14;/h6-9,15H,1,14H2,2-5H3;/q-1;+1. The Labute approximate surface area is 111 Å². The molecule has 1 rings (SSSR count). The quantitative estimate of drug-likeness (QED) is 0.538. The zero-order chi connectivity index (χ0) is 11.7. The molecule has 1 aromatic rings. The van der Waals surface area contributed by atoms with Crippen molar-refractivity contribution in [3.63, 3.8) is 0 Å². The number of nitrogens with two attached hydrogens (primary N) is 1. The SMILES string of the molecule is [CH2-]c1cccc(NC(C)(C)C(C)(C)N)c1.[Li+]. The van der Waals surface area contributed by atoms with Crippen molar-refractivity contribution < 1.29 is 18.9 Å². The molecule has 0 heterocycles. The van der Waals surface area contributed by atoms with Gasteiger partial charge in [0.1, 0.15) is 0 Å². The zero-order valence-corrected chi connectivity index (χ0v) is 11.1. The summed E-state index contributed by atoms with van der Waals surface area (Å²) >= 11 is 0. The summed E-state index contributed by atoms with van der Waals surface area (Å²) in [6, 6.07) is 8.02. The molecular weight excluding hydrogens is 191 g/mol. The van der Waals surface area contributed by atoms with Crippen molar-refractivity contribution in [2.75, 3.05) is 5.32 Å². The number of nitrogens with one attached hydrogen (secondary N) is 1. The third-order valence-electron chi connectivity index (χ3n) is 2.99. The van der Waals surface area contributed by atoms with Crippen molar-refractivity contribution in [1.82, 2.24) is 0 Å². The molecule has 84 valence electrons. The summed E-state index contributed by atoms with van der Waals surface area (Å²) in [6.45, 7) is 12.1. The van der Waals surface area contributed by atoms with Gasteiger partial charge in [-0.2, -0.15) is 18.6 Å². The first kappa shape index (κ1) is 15.4. The summed E-state index contributed by atoms with van der Waals surface area (Å²) in [7, 11) is 0. The van der Waals surface area contributed by atoms with Gasteiger partial charge in [-0.3, -0.25) is 0 Å². The number of hydrogen-bond acceptors (Lipinski definition) is 2. The molecule has 0 fully saturated rings. The fourth-order valence-electron chi connectivity index (χ4n) is 1.17. The van der Waals surface area contributed by atoms with Crippen LogP contribution in [0.3, 0.4) is 0 Å². The summed E-state index contributed by atoms with van der Waals surface area (Å²) < 4.78 is 0. The molecule has 0 aliphatic rings. The fourth-order valence-corrected chi connectivity index (χ4v) is 1.17. The minimum absolute atomic E-state index is 0. The van der Waals surface area contributed by atoms with Gasteiger partial charge < -0.3 is 11.1 Å². The van der Waals surface area contributed by atoms with E-state index < -0.39 is 0 Å². The van der Waals surface area contributed by atoms with Crippen LogP contribution >= 0.6 is 0 Å². The Kier molecular flexibility index (Phi) is 5.01. The molecule has 0 radical (unpaired) electrons. The fraction of sp³-hybridized carbons (Fsp3) is 0.462. The Balaban J connectivity index is 0.00000225. The maximum Gasteiger partial charge on any atom is 1.00 e. The van der Waals surface area contributed by atoms with Gasteiger partial charge in [-0.25, -0.2) is 0 Å². The molecule has 0 aliphatic carbocycles. The van der Waals surface area contributed by atoms with Gasteiger partial charge in [0, 0.05) is 11.1 Å². The van der Waals surface area contributed by atoms with E-state index in [1.54, 1.807) is 0 Å². The van der Waals surface area contributed by atoms with E-state index in [2.05, 4.69) is 26.1 Å². The molecular formula is C13H21LiN2. The third-order valence-corrected chi connectivity index (χ3v) is 2.99. The van der Waals surface area contributed by atoms with Gasteiger partial charge in [0.05, 0.1) is 0 Å². The van der Waals surface area contributed by atoms with Crippen molar-refractivity contribution in [1.29, 1.82) is 0 Å². The van der Waals surface area contributed by atoms with Crippen LogP contribution in [0, 0.1) is 6.92 Å². The van der Waals surface area contributed by atoms with E-state index in [0.29, 0.717) is 0 Å². The van der Waals surface area contributed by atoms with E-state index >= 15 is 0 Å². The first-order chi connectivity index (χ1) is 6.72. The molecule has 2 nitrogen and oxygen atoms in total. The largest absolute Gasteiger partial charge is 1.00 e. The Hall–Kier alpha value is -0.553. The van der Waals surface area contributed by atoms with E-state index in [1.165, 1.54) is 0 Å². The monoisotopic (exact) mass is 212 g/mol. The van der Waals surface area contributed by atoms with E-state index in [-0.39, 0.29) is 29.9 Å². The van der Waals surface area contributed by atoms with Gasteiger partial charge in [0.2, 0.25) is 0 Å². The molecule has 0 saturated carbocycles. The predicted molar refractivity (Wildman–Crippen MR) is 66.9 cm³/mol. The molecule has 0 bridgehead atoms. The minimum atomic E-state index is -0.288. The predicted octanol–water partition coefficient (Wildman–Crippen LogP) is -0.199. The number of benzene rings is 1. The van der Waals surface area contributed by atoms with Crippen LogP contribution in [-0.4, -0.2) is 11.1 Å². The van der Waals surface area contributed by atoms with Crippen LogP contribution in [0.15, 0.2) is 24.3 Å². The van der Waals surface area contributed by atoms with Crippen LogP contribution < -0.4 is 29.9 Å². The smallest absolute Gasteiger partial charge is 0.388 e. The second-order valence-corrected chi connectivity index (χ2v) is 5.17. The molecule has 0 atom stereocenters. The molecule has 1 aromatic carbocycles. The van der Waals surface area contributed by atoms with Gasteiger partial charge >= 0.3 is 18.9 Å². The summed E-state index contributed by atoms with van der Waals surface area (Å²) in [4.78, 5) is 0. The second kappa shape index (κ2) is 5.18. The van der Waals surface area contributed by atoms with Crippen LogP contribution in [0.4, 0.5) is 5.69 Å². The van der Waals surface area contributed by atoms with Gasteiger partial charge in [-0.15, -0.1) is 12.1 Å². The van der Waals surface area contributed by atoms with E-state index in [1.807, 2.05) is 38.1 Å². The Bertz CT molecular complexity index is 340. The van der Waals surface area contributed by atoms with E-state index in [9.17, 15) is 0 Å². The van der Waals surface area contributed by atoms with Crippen molar-refractivity contribution in [3.8, 4) is 0 Å². The van der Waals surface area contributed by atoms with Gasteiger partial charge in [-0.1, -0.05) is 6.07 Å². The van der Waals surface area contributed by atoms with Crippen LogP contribution in [-0.2, 0) is 0 Å². The van der Waals surface area contributed by atoms with Gasteiger partial charge in [0.15, 0.2) is 0 Å². The Morgan fingerprint density at radius 1 is 1.19 bits per heavy atom. The number of hydrogen-bond donors (Lipinski definition) is 2. The minimum Gasteiger partial charge on any atom is -0.388 e. The van der Waals surface area contributed by atoms with Crippen LogP contribution in [0.5, 0.6) is 0 Å². The maximum absolute atomic E-state index is 6.12. The van der Waals surface area contributed by atoms with Crippen molar-refractivity contribution in [2.24, 2.45) is 5.73 Å². The molecule has 0 saturated heterocycles. The molecule has 0 amide bonds. The molecule has 0 unspecified atom stereocenters. The Morgan fingerprint density at radius 3 is 2.19 bits per heavy atom. The van der Waals surface area contributed by atoms with Crippen LogP contribution in [0.2, 0.25) is 0 Å². The first-order valence-electron chi connectivity index (χ1n) is 5.21. The topological polar surface area (TPSA) is 38.0 Å². The Morgan fingerprint density at radius 2 is 1.75 bits per heavy atom. The van der Waals surface area contributed by atoms with Gasteiger partial charge in [0.25, 0.3) is 0 Å².